The Labute approximate surface area is 166 Å². The van der Waals surface area contributed by atoms with Crippen LogP contribution in [-0.4, -0.2) is 28.8 Å². The van der Waals surface area contributed by atoms with Crippen LogP contribution in [0.15, 0.2) is 67.0 Å². The summed E-state index contributed by atoms with van der Waals surface area (Å²) in [6.07, 6.45) is 7.53. The molecule has 0 aliphatic carbocycles. The van der Waals surface area contributed by atoms with Crippen molar-refractivity contribution in [3.8, 4) is 5.69 Å². The van der Waals surface area contributed by atoms with Gasteiger partial charge in [0.05, 0.1) is 11.9 Å². The molecule has 0 bridgehead atoms. The fourth-order valence-electron chi connectivity index (χ4n) is 3.56. The van der Waals surface area contributed by atoms with E-state index in [1.165, 1.54) is 18.5 Å². The first-order valence-electron chi connectivity index (χ1n) is 9.97. The van der Waals surface area contributed by atoms with E-state index in [0.717, 1.165) is 29.9 Å². The Morgan fingerprint density at radius 2 is 1.68 bits per heavy atom. The van der Waals surface area contributed by atoms with E-state index in [9.17, 15) is 4.79 Å². The van der Waals surface area contributed by atoms with Crippen LogP contribution in [0.1, 0.15) is 30.4 Å². The molecule has 0 saturated carbocycles. The molecule has 3 aromatic rings. The summed E-state index contributed by atoms with van der Waals surface area (Å²) < 4.78 is 1.84. The van der Waals surface area contributed by atoms with Gasteiger partial charge in [0.1, 0.15) is 0 Å². The molecule has 5 nitrogen and oxygen atoms in total. The Bertz CT molecular complexity index is 896. The van der Waals surface area contributed by atoms with Crippen LogP contribution in [0.2, 0.25) is 0 Å². The summed E-state index contributed by atoms with van der Waals surface area (Å²) in [5, 5.41) is 7.40. The minimum Gasteiger partial charge on any atom is -0.372 e. The zero-order chi connectivity index (χ0) is 19.2. The molecule has 1 aromatic heterocycles. The Hall–Kier alpha value is -3.08. The highest BCUT2D eigenvalue weighted by molar-refractivity contribution is 5.76. The van der Waals surface area contributed by atoms with Gasteiger partial charge in [0.15, 0.2) is 0 Å². The summed E-state index contributed by atoms with van der Waals surface area (Å²) in [4.78, 5) is 14.6. The standard InChI is InChI=1S/C23H26N4O/c28-23(13-10-20-17-25-27(18-20)22-6-2-1-3-7-22)24-16-19-8-11-21(12-9-19)26-14-4-5-15-26/h1-3,6-9,11-12,17-18H,4-5,10,13-16H2,(H,24,28). The number of carbonyl (C=O) groups excluding carboxylic acids is 1. The van der Waals surface area contributed by atoms with Crippen LogP contribution >= 0.6 is 0 Å². The summed E-state index contributed by atoms with van der Waals surface area (Å²) in [5.41, 5.74) is 4.50. The summed E-state index contributed by atoms with van der Waals surface area (Å²) in [5.74, 6) is 0.0658. The molecule has 1 aliphatic heterocycles. The fourth-order valence-corrected chi connectivity index (χ4v) is 3.56. The third-order valence-electron chi connectivity index (χ3n) is 5.19. The molecule has 2 heterocycles. The van der Waals surface area contributed by atoms with Gasteiger partial charge in [-0.15, -0.1) is 0 Å². The van der Waals surface area contributed by atoms with Gasteiger partial charge in [-0.2, -0.15) is 5.10 Å². The van der Waals surface area contributed by atoms with Crippen molar-refractivity contribution in [1.82, 2.24) is 15.1 Å². The first-order valence-corrected chi connectivity index (χ1v) is 9.97. The quantitative estimate of drug-likeness (QED) is 0.686. The van der Waals surface area contributed by atoms with Crippen LogP contribution in [0, 0.1) is 0 Å². The van der Waals surface area contributed by atoms with Gasteiger partial charge in [0.2, 0.25) is 5.91 Å². The molecule has 5 heteroatoms. The van der Waals surface area contributed by atoms with Crippen molar-refractivity contribution < 1.29 is 4.79 Å². The zero-order valence-corrected chi connectivity index (χ0v) is 16.1. The lowest BCUT2D eigenvalue weighted by molar-refractivity contribution is -0.121. The van der Waals surface area contributed by atoms with E-state index in [1.54, 1.807) is 0 Å². The second kappa shape index (κ2) is 8.74. The van der Waals surface area contributed by atoms with Crippen LogP contribution in [0.5, 0.6) is 0 Å². The highest BCUT2D eigenvalue weighted by Gasteiger charge is 2.12. The van der Waals surface area contributed by atoms with Crippen LogP contribution < -0.4 is 10.2 Å². The van der Waals surface area contributed by atoms with Crippen molar-refractivity contribution in [3.63, 3.8) is 0 Å². The van der Waals surface area contributed by atoms with Crippen molar-refractivity contribution in [3.05, 3.63) is 78.1 Å². The van der Waals surface area contributed by atoms with Gasteiger partial charge in [-0.3, -0.25) is 4.79 Å². The van der Waals surface area contributed by atoms with Crippen LogP contribution in [-0.2, 0) is 17.8 Å². The van der Waals surface area contributed by atoms with E-state index in [2.05, 4.69) is 39.6 Å². The van der Waals surface area contributed by atoms with Crippen molar-refractivity contribution in [2.45, 2.75) is 32.2 Å². The van der Waals surface area contributed by atoms with E-state index in [-0.39, 0.29) is 5.91 Å². The van der Waals surface area contributed by atoms with Gasteiger partial charge >= 0.3 is 0 Å². The number of nitrogens with one attached hydrogen (secondary N) is 1. The molecule has 1 fully saturated rings. The highest BCUT2D eigenvalue weighted by Crippen LogP contribution is 2.20. The smallest absolute Gasteiger partial charge is 0.220 e. The second-order valence-corrected chi connectivity index (χ2v) is 7.27. The average molecular weight is 374 g/mol. The number of hydrogen-bond donors (Lipinski definition) is 1. The van der Waals surface area contributed by atoms with Crippen LogP contribution in [0.3, 0.4) is 0 Å². The Morgan fingerprint density at radius 1 is 0.929 bits per heavy atom. The molecule has 1 N–H and O–H groups in total. The number of para-hydroxylation sites is 1. The molecule has 144 valence electrons. The second-order valence-electron chi connectivity index (χ2n) is 7.27. The zero-order valence-electron chi connectivity index (χ0n) is 16.1. The molecule has 4 rings (SSSR count). The lowest BCUT2D eigenvalue weighted by Gasteiger charge is -2.17. The SMILES string of the molecule is O=C(CCc1cnn(-c2ccccc2)c1)NCc1ccc(N2CCCC2)cc1. The lowest BCUT2D eigenvalue weighted by Crippen LogP contribution is -2.23. The first kappa shape index (κ1) is 18.3. The summed E-state index contributed by atoms with van der Waals surface area (Å²) in [6, 6.07) is 18.5. The predicted octanol–water partition coefficient (Wildman–Crippen LogP) is 3.72. The van der Waals surface area contributed by atoms with E-state index < -0.39 is 0 Å². The number of carbonyl (C=O) groups is 1. The minimum atomic E-state index is 0.0658. The van der Waals surface area contributed by atoms with E-state index in [4.69, 9.17) is 0 Å². The Morgan fingerprint density at radius 3 is 2.43 bits per heavy atom. The summed E-state index contributed by atoms with van der Waals surface area (Å²) in [7, 11) is 0. The van der Waals surface area contributed by atoms with Gasteiger partial charge < -0.3 is 10.2 Å². The number of hydrogen-bond acceptors (Lipinski definition) is 3. The maximum atomic E-state index is 12.2. The monoisotopic (exact) mass is 374 g/mol. The van der Waals surface area contributed by atoms with Crippen molar-refractivity contribution >= 4 is 11.6 Å². The molecule has 0 unspecified atom stereocenters. The number of amides is 1. The fraction of sp³-hybridized carbons (Fsp3) is 0.304. The van der Waals surface area contributed by atoms with E-state index in [0.29, 0.717) is 19.4 Å². The first-order chi connectivity index (χ1) is 13.8. The Kier molecular flexibility index (Phi) is 5.71. The van der Waals surface area contributed by atoms with Crippen molar-refractivity contribution in [2.75, 3.05) is 18.0 Å². The van der Waals surface area contributed by atoms with Gasteiger partial charge in [-0.05, 0) is 54.7 Å². The van der Waals surface area contributed by atoms with E-state index >= 15 is 0 Å². The van der Waals surface area contributed by atoms with Crippen molar-refractivity contribution in [2.24, 2.45) is 0 Å². The van der Waals surface area contributed by atoms with Crippen molar-refractivity contribution in [1.29, 1.82) is 0 Å². The maximum absolute atomic E-state index is 12.2. The number of rotatable bonds is 7. The third-order valence-corrected chi connectivity index (χ3v) is 5.19. The lowest BCUT2D eigenvalue weighted by atomic mass is 10.1. The van der Waals surface area contributed by atoms with Gasteiger partial charge in [0.25, 0.3) is 0 Å². The largest absolute Gasteiger partial charge is 0.372 e. The van der Waals surface area contributed by atoms with E-state index in [1.807, 2.05) is 47.4 Å². The number of benzene rings is 2. The topological polar surface area (TPSA) is 50.2 Å². The average Bonchev–Trinajstić information content (AvgIpc) is 3.44. The predicted molar refractivity (Wildman–Crippen MR) is 112 cm³/mol. The maximum Gasteiger partial charge on any atom is 0.220 e. The minimum absolute atomic E-state index is 0.0658. The van der Waals surface area contributed by atoms with Crippen LogP contribution in [0.4, 0.5) is 5.69 Å². The van der Waals surface area contributed by atoms with Crippen LogP contribution in [0.25, 0.3) is 5.69 Å². The molecule has 2 aromatic carbocycles. The number of aryl methyl sites for hydroxylation is 1. The molecular weight excluding hydrogens is 348 g/mol. The molecule has 0 radical (unpaired) electrons. The molecule has 1 saturated heterocycles. The summed E-state index contributed by atoms with van der Waals surface area (Å²) >= 11 is 0. The summed E-state index contributed by atoms with van der Waals surface area (Å²) in [6.45, 7) is 2.87. The third kappa shape index (κ3) is 4.60. The van der Waals surface area contributed by atoms with Gasteiger partial charge in [-0.25, -0.2) is 4.68 Å². The number of nitrogens with zero attached hydrogens (tertiary/aromatic N) is 3. The normalized spacial score (nSPS) is 13.6. The number of aromatic nitrogens is 2. The molecule has 28 heavy (non-hydrogen) atoms. The molecule has 0 atom stereocenters. The highest BCUT2D eigenvalue weighted by atomic mass is 16.1. The van der Waals surface area contributed by atoms with Gasteiger partial charge in [0, 0.05) is 37.9 Å². The Balaban J connectivity index is 1.23. The molecule has 1 amide bonds. The molecular formula is C23H26N4O. The van der Waals surface area contributed by atoms with Gasteiger partial charge in [-0.1, -0.05) is 30.3 Å². The molecule has 1 aliphatic rings. The molecule has 0 spiro atoms. The number of anilines is 1.